The van der Waals surface area contributed by atoms with E-state index in [1.165, 1.54) is 23.3 Å². The zero-order valence-electron chi connectivity index (χ0n) is 24.2. The first-order chi connectivity index (χ1) is 17.4. The van der Waals surface area contributed by atoms with Gasteiger partial charge in [0.2, 0.25) is 5.91 Å². The van der Waals surface area contributed by atoms with Crippen LogP contribution in [-0.2, 0) is 15.6 Å². The highest BCUT2D eigenvalue weighted by atomic mass is 32.1. The number of hydrogen-bond donors (Lipinski definition) is 1. The van der Waals surface area contributed by atoms with Crippen LogP contribution < -0.4 is 5.32 Å². The number of fused-ring (bicyclic) bond motifs is 3. The van der Waals surface area contributed by atoms with Crippen LogP contribution in [-0.4, -0.2) is 80.4 Å². The number of aryl methyl sites for hydroxylation is 1. The Labute approximate surface area is 228 Å². The fraction of sp³-hybridized carbons (Fsp3) is 0.750. The zero-order valence-corrected chi connectivity index (χ0v) is 26.0. The maximum absolute atomic E-state index is 13.2. The van der Waals surface area contributed by atoms with E-state index in [0.29, 0.717) is 31.7 Å². The number of thiophene rings is 1. The first kappa shape index (κ1) is 28.5. The number of carbonyl (C=O) groups is 1. The third kappa shape index (κ3) is 6.37. The fourth-order valence-electron chi connectivity index (χ4n) is 5.46. The van der Waals surface area contributed by atoms with Gasteiger partial charge in [-0.25, -0.2) is 9.97 Å². The van der Waals surface area contributed by atoms with Gasteiger partial charge >= 0.3 is 0 Å². The molecule has 9 heteroatoms. The molecule has 2 aromatic heterocycles. The molecular formula is C28H47N5O2SSi. The molecule has 7 nitrogen and oxygen atoms in total. The molecule has 2 aromatic rings. The molecule has 37 heavy (non-hydrogen) atoms. The molecule has 1 unspecified atom stereocenters. The Balaban J connectivity index is 1.41. The Bertz CT molecular complexity index is 1090. The van der Waals surface area contributed by atoms with Crippen molar-refractivity contribution >= 4 is 41.6 Å². The number of amides is 1. The van der Waals surface area contributed by atoms with E-state index < -0.39 is 8.32 Å². The number of carbonyl (C=O) groups excluding carboxylic acids is 1. The number of aromatic nitrogens is 2. The lowest BCUT2D eigenvalue weighted by atomic mass is 9.90. The minimum atomic E-state index is -1.81. The molecule has 0 radical (unpaired) electrons. The van der Waals surface area contributed by atoms with Gasteiger partial charge in [-0.3, -0.25) is 4.79 Å². The zero-order chi connectivity index (χ0) is 27.0. The summed E-state index contributed by atoms with van der Waals surface area (Å²) in [6.07, 6.45) is 9.02. The van der Waals surface area contributed by atoms with Crippen LogP contribution in [0.2, 0.25) is 18.1 Å². The Morgan fingerprint density at radius 1 is 1.14 bits per heavy atom. The minimum Gasteiger partial charge on any atom is -0.415 e. The predicted octanol–water partition coefficient (Wildman–Crippen LogP) is 5.88. The van der Waals surface area contributed by atoms with Gasteiger partial charge in [0.15, 0.2) is 8.32 Å². The SMILES string of the molecule is CN(CCO[Si](C)(C)C(C)(C)C)C(=O)CC1CCc2sc3ncnc(NC4CCC(N(C)C)CC4)c3c21. The van der Waals surface area contributed by atoms with Crippen molar-refractivity contribution in [2.75, 3.05) is 39.6 Å². The second-order valence-corrected chi connectivity index (χ2v) is 18.7. The molecule has 1 amide bonds. The molecule has 4 rings (SSSR count). The van der Waals surface area contributed by atoms with Gasteiger partial charge in [0, 0.05) is 37.0 Å². The van der Waals surface area contributed by atoms with E-state index in [4.69, 9.17) is 9.41 Å². The van der Waals surface area contributed by atoms with Crippen LogP contribution in [0.25, 0.3) is 10.2 Å². The Kier molecular flexibility index (Phi) is 8.68. The smallest absolute Gasteiger partial charge is 0.223 e. The van der Waals surface area contributed by atoms with Crippen LogP contribution in [0.15, 0.2) is 6.33 Å². The van der Waals surface area contributed by atoms with Crippen molar-refractivity contribution in [3.8, 4) is 0 Å². The lowest BCUT2D eigenvalue weighted by Crippen LogP contribution is -2.43. The van der Waals surface area contributed by atoms with Crippen LogP contribution in [0.3, 0.4) is 0 Å². The average Bonchev–Trinajstić information content (AvgIpc) is 3.38. The molecule has 2 aliphatic rings. The highest BCUT2D eigenvalue weighted by molar-refractivity contribution is 7.19. The maximum Gasteiger partial charge on any atom is 0.223 e. The van der Waals surface area contributed by atoms with Crippen molar-refractivity contribution in [3.63, 3.8) is 0 Å². The molecule has 2 aliphatic carbocycles. The maximum atomic E-state index is 13.2. The number of anilines is 1. The largest absolute Gasteiger partial charge is 0.415 e. The first-order valence-electron chi connectivity index (χ1n) is 13.9. The minimum absolute atomic E-state index is 0.176. The summed E-state index contributed by atoms with van der Waals surface area (Å²) in [6.45, 7) is 12.5. The van der Waals surface area contributed by atoms with Gasteiger partial charge in [-0.05, 0) is 82.2 Å². The van der Waals surface area contributed by atoms with Crippen LogP contribution in [0, 0.1) is 0 Å². The van der Waals surface area contributed by atoms with E-state index in [-0.39, 0.29) is 16.9 Å². The monoisotopic (exact) mass is 545 g/mol. The quantitative estimate of drug-likeness (QED) is 0.397. The molecule has 0 saturated heterocycles. The standard InChI is InChI=1S/C28H47N5O2SSi/c1-28(2,3)37(7,8)35-16-15-33(6)23(34)17-19-9-14-22-24(19)25-26(29-18-30-27(25)36-22)31-20-10-12-21(13-11-20)32(4)5/h18-21H,9-17H2,1-8H3,(H,29,30,31). The molecule has 206 valence electrons. The van der Waals surface area contributed by atoms with E-state index in [9.17, 15) is 4.79 Å². The molecule has 1 atom stereocenters. The summed E-state index contributed by atoms with van der Waals surface area (Å²) in [7, 11) is 4.47. The van der Waals surface area contributed by atoms with Crippen molar-refractivity contribution in [3.05, 3.63) is 16.8 Å². The number of hydrogen-bond acceptors (Lipinski definition) is 7. The predicted molar refractivity (Wildman–Crippen MR) is 157 cm³/mol. The third-order valence-electron chi connectivity index (χ3n) is 9.04. The van der Waals surface area contributed by atoms with Crippen molar-refractivity contribution in [2.24, 2.45) is 0 Å². The van der Waals surface area contributed by atoms with Crippen molar-refractivity contribution in [2.45, 2.75) is 102 Å². The highest BCUT2D eigenvalue weighted by Crippen LogP contribution is 2.47. The molecule has 2 heterocycles. The molecule has 1 fully saturated rings. The van der Waals surface area contributed by atoms with E-state index in [0.717, 1.165) is 41.7 Å². The molecule has 1 saturated carbocycles. The lowest BCUT2D eigenvalue weighted by molar-refractivity contribution is -0.130. The summed E-state index contributed by atoms with van der Waals surface area (Å²) in [5, 5.41) is 5.12. The third-order valence-corrected chi connectivity index (χ3v) is 14.8. The number of likely N-dealkylation sites (N-methyl/N-ethyl adjacent to an activating group) is 1. The van der Waals surface area contributed by atoms with E-state index in [1.54, 1.807) is 17.7 Å². The Morgan fingerprint density at radius 3 is 2.49 bits per heavy atom. The topological polar surface area (TPSA) is 70.6 Å². The van der Waals surface area contributed by atoms with Gasteiger partial charge in [-0.2, -0.15) is 0 Å². The van der Waals surface area contributed by atoms with Gasteiger partial charge in [0.05, 0.1) is 12.0 Å². The van der Waals surface area contributed by atoms with Crippen molar-refractivity contribution in [1.82, 2.24) is 19.8 Å². The van der Waals surface area contributed by atoms with Gasteiger partial charge in [-0.1, -0.05) is 20.8 Å². The molecule has 0 bridgehead atoms. The normalized spacial score (nSPS) is 22.5. The summed E-state index contributed by atoms with van der Waals surface area (Å²) in [5.41, 5.74) is 1.32. The van der Waals surface area contributed by atoms with Crippen LogP contribution in [0.5, 0.6) is 0 Å². The Morgan fingerprint density at radius 2 is 1.84 bits per heavy atom. The molecule has 0 aromatic carbocycles. The van der Waals surface area contributed by atoms with E-state index >= 15 is 0 Å². The molecule has 1 N–H and O–H groups in total. The van der Waals surface area contributed by atoms with Crippen molar-refractivity contribution in [1.29, 1.82) is 0 Å². The fourth-order valence-corrected chi connectivity index (χ4v) is 7.73. The molecule has 0 spiro atoms. The van der Waals surface area contributed by atoms with E-state index in [2.05, 4.69) is 63.2 Å². The summed E-state index contributed by atoms with van der Waals surface area (Å²) < 4.78 is 6.31. The second kappa shape index (κ2) is 11.3. The van der Waals surface area contributed by atoms with Crippen molar-refractivity contribution < 1.29 is 9.22 Å². The number of nitrogens with zero attached hydrogens (tertiary/aromatic N) is 4. The number of nitrogens with one attached hydrogen (secondary N) is 1. The van der Waals surface area contributed by atoms with Crippen LogP contribution in [0.1, 0.15) is 75.7 Å². The summed E-state index contributed by atoms with van der Waals surface area (Å²) >= 11 is 1.79. The van der Waals surface area contributed by atoms with Gasteiger partial charge < -0.3 is 19.5 Å². The summed E-state index contributed by atoms with van der Waals surface area (Å²) in [4.78, 5) is 29.2. The Hall–Kier alpha value is -1.55. The van der Waals surface area contributed by atoms with E-state index in [1.807, 2.05) is 11.9 Å². The van der Waals surface area contributed by atoms with Gasteiger partial charge in [0.1, 0.15) is 17.0 Å². The summed E-state index contributed by atoms with van der Waals surface area (Å²) in [6, 6.07) is 1.12. The van der Waals surface area contributed by atoms with Gasteiger partial charge in [0.25, 0.3) is 0 Å². The molecule has 0 aliphatic heterocycles. The lowest BCUT2D eigenvalue weighted by Gasteiger charge is -2.36. The van der Waals surface area contributed by atoms with Crippen LogP contribution in [0.4, 0.5) is 5.82 Å². The second-order valence-electron chi connectivity index (χ2n) is 12.8. The number of rotatable bonds is 9. The summed E-state index contributed by atoms with van der Waals surface area (Å²) in [5.74, 6) is 1.40. The highest BCUT2D eigenvalue weighted by Gasteiger charge is 2.37. The first-order valence-corrected chi connectivity index (χ1v) is 17.7. The average molecular weight is 546 g/mol. The van der Waals surface area contributed by atoms with Gasteiger partial charge in [-0.15, -0.1) is 11.3 Å². The van der Waals surface area contributed by atoms with Crippen LogP contribution >= 0.6 is 11.3 Å². The molecular weight excluding hydrogens is 498 g/mol.